The van der Waals surface area contributed by atoms with Gasteiger partial charge in [0.05, 0.1) is 5.69 Å². The highest BCUT2D eigenvalue weighted by Gasteiger charge is 2.05. The van der Waals surface area contributed by atoms with E-state index in [1.807, 2.05) is 29.5 Å². The molecule has 0 aliphatic carbocycles. The van der Waals surface area contributed by atoms with Crippen molar-refractivity contribution in [2.45, 2.75) is 13.5 Å². The highest BCUT2D eigenvalue weighted by atomic mass is 127. The van der Waals surface area contributed by atoms with Crippen LogP contribution in [0.1, 0.15) is 11.5 Å². The molecule has 1 aromatic rings. The van der Waals surface area contributed by atoms with E-state index in [0.717, 1.165) is 11.5 Å². The summed E-state index contributed by atoms with van der Waals surface area (Å²) in [5, 5.41) is 0. The van der Waals surface area contributed by atoms with E-state index in [1.54, 1.807) is 7.11 Å². The van der Waals surface area contributed by atoms with Crippen LogP contribution in [0.15, 0.2) is 4.42 Å². The van der Waals surface area contributed by atoms with Gasteiger partial charge in [0.1, 0.15) is 6.61 Å². The maximum Gasteiger partial charge on any atom is 0.257 e. The first kappa shape index (κ1) is 8.00. The zero-order chi connectivity index (χ0) is 7.56. The molecule has 1 heterocycles. The van der Waals surface area contributed by atoms with E-state index in [1.165, 1.54) is 0 Å². The molecule has 10 heavy (non-hydrogen) atoms. The molecule has 4 heteroatoms. The quantitative estimate of drug-likeness (QED) is 0.753. The summed E-state index contributed by atoms with van der Waals surface area (Å²) < 4.78 is 10.8. The number of aromatic nitrogens is 1. The maximum atomic E-state index is 5.21. The smallest absolute Gasteiger partial charge is 0.257 e. The van der Waals surface area contributed by atoms with Crippen molar-refractivity contribution in [1.82, 2.24) is 4.98 Å². The first-order chi connectivity index (χ1) is 4.74. The standard InChI is InChI=1S/C6H8INO2/c1-4-5(3-9-2)10-6(7)8-4/h3H2,1-2H3. The van der Waals surface area contributed by atoms with Gasteiger partial charge in [-0.3, -0.25) is 0 Å². The van der Waals surface area contributed by atoms with Crippen molar-refractivity contribution in [2.24, 2.45) is 0 Å². The molecular formula is C6H8INO2. The summed E-state index contributed by atoms with van der Waals surface area (Å²) in [5.41, 5.74) is 0.909. The Hall–Kier alpha value is -0.100. The van der Waals surface area contributed by atoms with Crippen molar-refractivity contribution in [2.75, 3.05) is 7.11 Å². The van der Waals surface area contributed by atoms with Crippen LogP contribution in [0.5, 0.6) is 0 Å². The van der Waals surface area contributed by atoms with E-state index in [-0.39, 0.29) is 0 Å². The van der Waals surface area contributed by atoms with Gasteiger partial charge in [0, 0.05) is 29.7 Å². The average Bonchev–Trinajstić information content (AvgIpc) is 2.13. The van der Waals surface area contributed by atoms with Crippen molar-refractivity contribution in [3.63, 3.8) is 0 Å². The fraction of sp³-hybridized carbons (Fsp3) is 0.500. The van der Waals surface area contributed by atoms with Gasteiger partial charge in [-0.25, -0.2) is 4.98 Å². The largest absolute Gasteiger partial charge is 0.434 e. The Labute approximate surface area is 72.9 Å². The molecule has 0 saturated carbocycles. The molecule has 0 aromatic carbocycles. The molecular weight excluding hydrogens is 245 g/mol. The van der Waals surface area contributed by atoms with Crippen LogP contribution in [0.2, 0.25) is 0 Å². The number of nitrogens with zero attached hydrogens (tertiary/aromatic N) is 1. The molecule has 0 aliphatic heterocycles. The number of aryl methyl sites for hydroxylation is 1. The van der Waals surface area contributed by atoms with Crippen LogP contribution >= 0.6 is 22.6 Å². The summed E-state index contributed by atoms with van der Waals surface area (Å²) in [7, 11) is 1.63. The fourth-order valence-corrected chi connectivity index (χ4v) is 1.29. The van der Waals surface area contributed by atoms with Gasteiger partial charge in [0.2, 0.25) is 0 Å². The van der Waals surface area contributed by atoms with Gasteiger partial charge >= 0.3 is 0 Å². The predicted molar refractivity (Wildman–Crippen MR) is 44.7 cm³/mol. The predicted octanol–water partition coefficient (Wildman–Crippen LogP) is 1.73. The summed E-state index contributed by atoms with van der Waals surface area (Å²) in [6, 6.07) is 0. The van der Waals surface area contributed by atoms with Crippen LogP contribution in [-0.2, 0) is 11.3 Å². The zero-order valence-electron chi connectivity index (χ0n) is 5.85. The second-order valence-corrected chi connectivity index (χ2v) is 2.83. The zero-order valence-corrected chi connectivity index (χ0v) is 8.01. The Morgan fingerprint density at radius 3 is 2.80 bits per heavy atom. The topological polar surface area (TPSA) is 35.3 Å². The summed E-state index contributed by atoms with van der Waals surface area (Å²) in [4.78, 5) is 4.07. The molecule has 3 nitrogen and oxygen atoms in total. The normalized spacial score (nSPS) is 10.3. The van der Waals surface area contributed by atoms with Crippen molar-refractivity contribution < 1.29 is 9.15 Å². The Bertz CT molecular complexity index is 222. The van der Waals surface area contributed by atoms with Crippen LogP contribution in [0.25, 0.3) is 0 Å². The van der Waals surface area contributed by atoms with Gasteiger partial charge in [0.25, 0.3) is 3.90 Å². The Morgan fingerprint density at radius 2 is 2.40 bits per heavy atom. The SMILES string of the molecule is COCc1oc(I)nc1C. The van der Waals surface area contributed by atoms with E-state index in [2.05, 4.69) is 4.98 Å². The molecule has 0 fully saturated rings. The fourth-order valence-electron chi connectivity index (χ4n) is 0.658. The van der Waals surface area contributed by atoms with E-state index in [4.69, 9.17) is 9.15 Å². The van der Waals surface area contributed by atoms with Crippen LogP contribution < -0.4 is 0 Å². The maximum absolute atomic E-state index is 5.21. The molecule has 0 bridgehead atoms. The van der Waals surface area contributed by atoms with Gasteiger partial charge in [-0.05, 0) is 6.92 Å². The van der Waals surface area contributed by atoms with Gasteiger partial charge in [-0.1, -0.05) is 0 Å². The van der Waals surface area contributed by atoms with Crippen molar-refractivity contribution >= 4 is 22.6 Å². The summed E-state index contributed by atoms with van der Waals surface area (Å²) in [6.45, 7) is 2.40. The van der Waals surface area contributed by atoms with Gasteiger partial charge in [0.15, 0.2) is 5.76 Å². The number of rotatable bonds is 2. The average molecular weight is 253 g/mol. The van der Waals surface area contributed by atoms with Crippen LogP contribution in [-0.4, -0.2) is 12.1 Å². The molecule has 0 radical (unpaired) electrons. The second kappa shape index (κ2) is 3.34. The summed E-state index contributed by atoms with van der Waals surface area (Å²) >= 11 is 2.03. The monoisotopic (exact) mass is 253 g/mol. The Balaban J connectivity index is 2.81. The van der Waals surface area contributed by atoms with Gasteiger partial charge < -0.3 is 9.15 Å². The number of oxazole rings is 1. The number of ether oxygens (including phenoxy) is 1. The molecule has 0 amide bonds. The van der Waals surface area contributed by atoms with Crippen LogP contribution in [0, 0.1) is 10.8 Å². The van der Waals surface area contributed by atoms with Crippen molar-refractivity contribution in [3.05, 3.63) is 15.4 Å². The Morgan fingerprint density at radius 1 is 1.70 bits per heavy atom. The lowest BCUT2D eigenvalue weighted by atomic mass is 10.4. The number of hydrogen-bond acceptors (Lipinski definition) is 3. The molecule has 0 saturated heterocycles. The lowest BCUT2D eigenvalue weighted by Gasteiger charge is -1.91. The van der Waals surface area contributed by atoms with E-state index < -0.39 is 0 Å². The van der Waals surface area contributed by atoms with Gasteiger partial charge in [-0.2, -0.15) is 0 Å². The molecule has 0 aliphatic rings. The van der Waals surface area contributed by atoms with Crippen LogP contribution in [0.4, 0.5) is 0 Å². The molecule has 1 aromatic heterocycles. The molecule has 1 rings (SSSR count). The molecule has 56 valence electrons. The third-order valence-corrected chi connectivity index (χ3v) is 1.60. The number of methoxy groups -OCH3 is 1. The highest BCUT2D eigenvalue weighted by molar-refractivity contribution is 14.1. The third-order valence-electron chi connectivity index (χ3n) is 1.14. The minimum absolute atomic E-state index is 0.502. The molecule has 0 atom stereocenters. The first-order valence-corrected chi connectivity index (χ1v) is 3.92. The summed E-state index contributed by atoms with van der Waals surface area (Å²) in [6.07, 6.45) is 0. The summed E-state index contributed by atoms with van der Waals surface area (Å²) in [5.74, 6) is 0.812. The molecule has 0 N–H and O–H groups in total. The highest BCUT2D eigenvalue weighted by Crippen LogP contribution is 2.12. The number of halogens is 1. The van der Waals surface area contributed by atoms with E-state index in [9.17, 15) is 0 Å². The minimum Gasteiger partial charge on any atom is -0.434 e. The molecule has 0 spiro atoms. The lowest BCUT2D eigenvalue weighted by Crippen LogP contribution is -1.86. The number of hydrogen-bond donors (Lipinski definition) is 0. The van der Waals surface area contributed by atoms with Crippen molar-refractivity contribution in [1.29, 1.82) is 0 Å². The second-order valence-electron chi connectivity index (χ2n) is 1.91. The minimum atomic E-state index is 0.502. The van der Waals surface area contributed by atoms with Gasteiger partial charge in [-0.15, -0.1) is 0 Å². The van der Waals surface area contributed by atoms with E-state index >= 15 is 0 Å². The van der Waals surface area contributed by atoms with E-state index in [0.29, 0.717) is 10.5 Å². The first-order valence-electron chi connectivity index (χ1n) is 2.84. The molecule has 0 unspecified atom stereocenters. The van der Waals surface area contributed by atoms with Crippen molar-refractivity contribution in [3.8, 4) is 0 Å². The van der Waals surface area contributed by atoms with Crippen LogP contribution in [0.3, 0.4) is 0 Å². The Kier molecular flexibility index (Phi) is 2.67. The lowest BCUT2D eigenvalue weighted by molar-refractivity contribution is 0.162. The third kappa shape index (κ3) is 1.69.